The molecule has 6 nitrogen and oxygen atoms in total. The number of nitrogens with zero attached hydrogens (tertiary/aromatic N) is 1. The van der Waals surface area contributed by atoms with Crippen molar-refractivity contribution < 1.29 is 19.2 Å². The highest BCUT2D eigenvalue weighted by atomic mass is 19.1. The minimum Gasteiger partial charge on any atom is -0.396 e. The summed E-state index contributed by atoms with van der Waals surface area (Å²) >= 11 is 0. The van der Waals surface area contributed by atoms with E-state index in [1.54, 1.807) is 6.92 Å². The number of aliphatic hydroxyl groups is 1. The van der Waals surface area contributed by atoms with Gasteiger partial charge in [0.1, 0.15) is 5.82 Å². The average molecular weight is 286 g/mol. The number of nitro benzene ring substituents is 1. The zero-order chi connectivity index (χ0) is 15.2. The number of ether oxygens (including phenoxy) is 1. The van der Waals surface area contributed by atoms with E-state index >= 15 is 0 Å². The first-order chi connectivity index (χ1) is 9.43. The van der Waals surface area contributed by atoms with Crippen LogP contribution in [0.2, 0.25) is 0 Å². The SMILES string of the molecule is COCC(C)(CCO)NCc1c(F)cccc1[N+](=O)[O-]. The molecule has 0 heterocycles. The van der Waals surface area contributed by atoms with Crippen molar-refractivity contribution in [3.8, 4) is 0 Å². The number of nitrogens with one attached hydrogen (secondary N) is 1. The zero-order valence-corrected chi connectivity index (χ0v) is 11.6. The molecule has 1 aromatic rings. The number of hydrogen-bond acceptors (Lipinski definition) is 5. The summed E-state index contributed by atoms with van der Waals surface area (Å²) in [5, 5.41) is 23.0. The Bertz CT molecular complexity index is 462. The Morgan fingerprint density at radius 2 is 2.25 bits per heavy atom. The van der Waals surface area contributed by atoms with Crippen molar-refractivity contribution in [2.45, 2.75) is 25.4 Å². The maximum Gasteiger partial charge on any atom is 0.276 e. The third kappa shape index (κ3) is 4.22. The van der Waals surface area contributed by atoms with Gasteiger partial charge in [0.05, 0.1) is 17.1 Å². The van der Waals surface area contributed by atoms with E-state index < -0.39 is 16.3 Å². The molecule has 0 saturated heterocycles. The van der Waals surface area contributed by atoms with Crippen LogP contribution < -0.4 is 5.32 Å². The third-order valence-electron chi connectivity index (χ3n) is 3.11. The molecule has 1 rings (SSSR count). The van der Waals surface area contributed by atoms with E-state index in [9.17, 15) is 14.5 Å². The van der Waals surface area contributed by atoms with Crippen molar-refractivity contribution in [3.63, 3.8) is 0 Å². The van der Waals surface area contributed by atoms with Gasteiger partial charge in [0, 0.05) is 31.9 Å². The van der Waals surface area contributed by atoms with Gasteiger partial charge < -0.3 is 15.2 Å². The summed E-state index contributed by atoms with van der Waals surface area (Å²) < 4.78 is 18.8. The maximum atomic E-state index is 13.7. The highest BCUT2D eigenvalue weighted by Crippen LogP contribution is 2.22. The number of rotatable bonds is 8. The van der Waals surface area contributed by atoms with Crippen molar-refractivity contribution in [1.29, 1.82) is 0 Å². The fourth-order valence-electron chi connectivity index (χ4n) is 1.97. The average Bonchev–Trinajstić information content (AvgIpc) is 2.37. The van der Waals surface area contributed by atoms with Crippen LogP contribution in [0.15, 0.2) is 18.2 Å². The Kier molecular flexibility index (Phi) is 6.00. The Morgan fingerprint density at radius 1 is 1.55 bits per heavy atom. The molecule has 0 aromatic heterocycles. The largest absolute Gasteiger partial charge is 0.396 e. The summed E-state index contributed by atoms with van der Waals surface area (Å²) in [6.45, 7) is 2.03. The van der Waals surface area contributed by atoms with Crippen LogP contribution in [0.5, 0.6) is 0 Å². The van der Waals surface area contributed by atoms with Crippen LogP contribution in [-0.2, 0) is 11.3 Å². The van der Waals surface area contributed by atoms with E-state index in [1.807, 2.05) is 0 Å². The zero-order valence-electron chi connectivity index (χ0n) is 11.6. The third-order valence-corrected chi connectivity index (χ3v) is 3.11. The molecule has 0 radical (unpaired) electrons. The van der Waals surface area contributed by atoms with E-state index in [1.165, 1.54) is 25.3 Å². The van der Waals surface area contributed by atoms with Gasteiger partial charge in [0.2, 0.25) is 0 Å². The summed E-state index contributed by atoms with van der Waals surface area (Å²) in [6.07, 6.45) is 0.392. The van der Waals surface area contributed by atoms with Gasteiger partial charge in [-0.25, -0.2) is 4.39 Å². The van der Waals surface area contributed by atoms with Gasteiger partial charge in [-0.05, 0) is 19.4 Å². The summed E-state index contributed by atoms with van der Waals surface area (Å²) in [5.74, 6) is -0.629. The summed E-state index contributed by atoms with van der Waals surface area (Å²) in [4.78, 5) is 10.3. The number of methoxy groups -OCH3 is 1. The van der Waals surface area contributed by atoms with Crippen LogP contribution in [0.25, 0.3) is 0 Å². The fourth-order valence-corrected chi connectivity index (χ4v) is 1.97. The molecule has 1 unspecified atom stereocenters. The first-order valence-electron chi connectivity index (χ1n) is 6.20. The Labute approximate surface area is 116 Å². The van der Waals surface area contributed by atoms with Crippen LogP contribution >= 0.6 is 0 Å². The first-order valence-corrected chi connectivity index (χ1v) is 6.20. The van der Waals surface area contributed by atoms with E-state index in [0.717, 1.165) is 0 Å². The smallest absolute Gasteiger partial charge is 0.276 e. The summed E-state index contributed by atoms with van der Waals surface area (Å²) in [5.41, 5.74) is -0.848. The minimum atomic E-state index is -0.629. The van der Waals surface area contributed by atoms with Gasteiger partial charge in [-0.15, -0.1) is 0 Å². The second kappa shape index (κ2) is 7.28. The van der Waals surface area contributed by atoms with Crippen LogP contribution in [0.1, 0.15) is 18.9 Å². The van der Waals surface area contributed by atoms with Crippen LogP contribution in [0.3, 0.4) is 0 Å². The maximum absolute atomic E-state index is 13.7. The van der Waals surface area contributed by atoms with Gasteiger partial charge in [0.25, 0.3) is 5.69 Å². The molecule has 0 saturated carbocycles. The van der Waals surface area contributed by atoms with Crippen molar-refractivity contribution in [2.24, 2.45) is 0 Å². The topological polar surface area (TPSA) is 84.6 Å². The summed E-state index contributed by atoms with van der Waals surface area (Å²) in [7, 11) is 1.52. The van der Waals surface area contributed by atoms with Crippen molar-refractivity contribution >= 4 is 5.69 Å². The molecule has 0 amide bonds. The minimum absolute atomic E-state index is 0.00207. The lowest BCUT2D eigenvalue weighted by molar-refractivity contribution is -0.385. The van der Waals surface area contributed by atoms with E-state index in [-0.39, 0.29) is 24.4 Å². The highest BCUT2D eigenvalue weighted by molar-refractivity contribution is 5.40. The molecule has 0 spiro atoms. The van der Waals surface area contributed by atoms with E-state index in [0.29, 0.717) is 13.0 Å². The highest BCUT2D eigenvalue weighted by Gasteiger charge is 2.25. The molecule has 1 aromatic carbocycles. The van der Waals surface area contributed by atoms with Crippen LogP contribution in [-0.4, -0.2) is 35.9 Å². The number of benzene rings is 1. The molecule has 7 heteroatoms. The quantitative estimate of drug-likeness (QED) is 0.560. The Morgan fingerprint density at radius 3 is 2.80 bits per heavy atom. The van der Waals surface area contributed by atoms with Gasteiger partial charge >= 0.3 is 0 Å². The van der Waals surface area contributed by atoms with Gasteiger partial charge in [-0.1, -0.05) is 6.07 Å². The van der Waals surface area contributed by atoms with Crippen molar-refractivity contribution in [3.05, 3.63) is 39.7 Å². The fraction of sp³-hybridized carbons (Fsp3) is 0.538. The monoisotopic (exact) mass is 286 g/mol. The van der Waals surface area contributed by atoms with Gasteiger partial charge in [0.15, 0.2) is 0 Å². The second-order valence-corrected chi connectivity index (χ2v) is 4.82. The Balaban J connectivity index is 2.90. The number of nitro groups is 1. The molecule has 20 heavy (non-hydrogen) atoms. The number of aliphatic hydroxyl groups excluding tert-OH is 1. The van der Waals surface area contributed by atoms with Gasteiger partial charge in [-0.3, -0.25) is 10.1 Å². The van der Waals surface area contributed by atoms with Crippen LogP contribution in [0.4, 0.5) is 10.1 Å². The molecule has 2 N–H and O–H groups in total. The van der Waals surface area contributed by atoms with Gasteiger partial charge in [-0.2, -0.15) is 0 Å². The van der Waals surface area contributed by atoms with E-state index in [4.69, 9.17) is 9.84 Å². The molecular formula is C13H19FN2O4. The predicted octanol–water partition coefficient (Wildman–Crippen LogP) is 1.61. The molecule has 112 valence electrons. The molecular weight excluding hydrogens is 267 g/mol. The Hall–Kier alpha value is -1.57. The lowest BCUT2D eigenvalue weighted by Gasteiger charge is -2.29. The normalized spacial score (nSPS) is 14.0. The molecule has 0 aliphatic rings. The standard InChI is InChI=1S/C13H19FN2O4/c1-13(6-7-17,9-20-2)15-8-10-11(14)4-3-5-12(10)16(18)19/h3-5,15,17H,6-9H2,1-2H3. The van der Waals surface area contributed by atoms with Crippen molar-refractivity contribution in [2.75, 3.05) is 20.3 Å². The summed E-state index contributed by atoms with van der Waals surface area (Å²) in [6, 6.07) is 3.75. The predicted molar refractivity (Wildman–Crippen MR) is 71.9 cm³/mol. The van der Waals surface area contributed by atoms with Crippen molar-refractivity contribution in [1.82, 2.24) is 5.32 Å². The molecule has 0 bridgehead atoms. The molecule has 1 atom stereocenters. The van der Waals surface area contributed by atoms with Crippen LogP contribution in [0, 0.1) is 15.9 Å². The number of hydrogen-bond donors (Lipinski definition) is 2. The number of halogens is 1. The first kappa shape index (κ1) is 16.5. The lowest BCUT2D eigenvalue weighted by atomic mass is 9.98. The second-order valence-electron chi connectivity index (χ2n) is 4.82. The molecule has 0 aliphatic carbocycles. The lowest BCUT2D eigenvalue weighted by Crippen LogP contribution is -2.46. The molecule has 0 fully saturated rings. The van der Waals surface area contributed by atoms with E-state index in [2.05, 4.69) is 5.32 Å². The molecule has 0 aliphatic heterocycles.